The number of piperidine rings is 1. The molecule has 1 aliphatic heterocycles. The zero-order valence-electron chi connectivity index (χ0n) is 15.7. The fourth-order valence-electron chi connectivity index (χ4n) is 3.42. The topological polar surface area (TPSA) is 103 Å². The van der Waals surface area contributed by atoms with E-state index in [0.717, 1.165) is 31.9 Å². The Labute approximate surface area is 178 Å². The number of rotatable bonds is 7. The lowest BCUT2D eigenvalue weighted by Gasteiger charge is -2.43. The van der Waals surface area contributed by atoms with Crippen LogP contribution < -0.4 is 5.32 Å². The largest absolute Gasteiger partial charge is 0.445 e. The van der Waals surface area contributed by atoms with Crippen LogP contribution in [0.15, 0.2) is 6.20 Å². The highest BCUT2D eigenvalue weighted by Gasteiger charge is 2.42. The number of halogens is 3. The molecular formula is C16H24Cl3N5O4. The van der Waals surface area contributed by atoms with Crippen molar-refractivity contribution in [1.29, 1.82) is 0 Å². The molecule has 0 unspecified atom stereocenters. The summed E-state index contributed by atoms with van der Waals surface area (Å²) in [6, 6.07) is 0.200. The summed E-state index contributed by atoms with van der Waals surface area (Å²) < 4.78 is 4.79. The third kappa shape index (κ3) is 5.85. The number of hydrogen-bond donors (Lipinski definition) is 1. The van der Waals surface area contributed by atoms with Crippen molar-refractivity contribution in [3.63, 3.8) is 0 Å². The molecule has 1 aromatic rings. The molecule has 9 nitrogen and oxygen atoms in total. The Hall–Kier alpha value is -1.29. The van der Waals surface area contributed by atoms with Crippen LogP contribution in [0.25, 0.3) is 0 Å². The Morgan fingerprint density at radius 2 is 2.21 bits per heavy atom. The molecule has 1 aromatic heterocycles. The van der Waals surface area contributed by atoms with Gasteiger partial charge in [0, 0.05) is 19.5 Å². The number of alkyl carbamates (subject to hydrolysis) is 1. The molecule has 0 bridgehead atoms. The highest BCUT2D eigenvalue weighted by Crippen LogP contribution is 2.35. The standard InChI is InChI=1S/C16H24Cl3N5O4/c1-3-12-6-4-5-7-23(12)14(16(17,18)19)21-15(25)28-9-8-22-11(2)20-10-13(22)24(26)27/h10,12,14H,3-9H2,1-2H3,(H,21,25)/t12-,14-/m0/s1. The molecule has 0 aliphatic carbocycles. The molecule has 0 radical (unpaired) electrons. The summed E-state index contributed by atoms with van der Waals surface area (Å²) in [6.07, 6.45) is 3.46. The van der Waals surface area contributed by atoms with Gasteiger partial charge < -0.3 is 20.2 Å². The summed E-state index contributed by atoms with van der Waals surface area (Å²) in [7, 11) is 0. The molecule has 1 saturated heterocycles. The Morgan fingerprint density at radius 1 is 1.50 bits per heavy atom. The zero-order valence-corrected chi connectivity index (χ0v) is 18.0. The number of aryl methyl sites for hydroxylation is 1. The Balaban J connectivity index is 1.97. The summed E-state index contributed by atoms with van der Waals surface area (Å²) >= 11 is 18.4. The van der Waals surface area contributed by atoms with Crippen LogP contribution in [0.1, 0.15) is 38.4 Å². The van der Waals surface area contributed by atoms with E-state index in [0.29, 0.717) is 12.4 Å². The van der Waals surface area contributed by atoms with Crippen LogP contribution in [0.3, 0.4) is 0 Å². The Bertz CT molecular complexity index is 694. The molecular weight excluding hydrogens is 433 g/mol. The number of ether oxygens (including phenoxy) is 1. The zero-order chi connectivity index (χ0) is 20.9. The Morgan fingerprint density at radius 3 is 2.82 bits per heavy atom. The lowest BCUT2D eigenvalue weighted by atomic mass is 9.99. The third-order valence-corrected chi connectivity index (χ3v) is 5.43. The van der Waals surface area contributed by atoms with Crippen molar-refractivity contribution in [2.45, 2.75) is 62.1 Å². The normalized spacial score (nSPS) is 19.2. The molecule has 1 amide bonds. The molecule has 2 atom stereocenters. The number of hydrogen-bond acceptors (Lipinski definition) is 6. The van der Waals surface area contributed by atoms with Crippen molar-refractivity contribution in [1.82, 2.24) is 19.8 Å². The van der Waals surface area contributed by atoms with E-state index in [1.807, 2.05) is 4.90 Å². The molecule has 0 spiro atoms. The summed E-state index contributed by atoms with van der Waals surface area (Å²) in [6.45, 7) is 4.39. The fraction of sp³-hybridized carbons (Fsp3) is 0.750. The van der Waals surface area contributed by atoms with Gasteiger partial charge in [-0.25, -0.2) is 14.3 Å². The van der Waals surface area contributed by atoms with Crippen molar-refractivity contribution in [3.05, 3.63) is 22.1 Å². The molecule has 158 valence electrons. The number of carbonyl (C=O) groups excluding carboxylic acids is 1. The van der Waals surface area contributed by atoms with Gasteiger partial charge in [0.1, 0.15) is 25.5 Å². The molecule has 0 aromatic carbocycles. The van der Waals surface area contributed by atoms with Crippen LogP contribution in [-0.2, 0) is 11.3 Å². The van der Waals surface area contributed by atoms with Crippen LogP contribution in [0.2, 0.25) is 0 Å². The summed E-state index contributed by atoms with van der Waals surface area (Å²) in [5.41, 5.74) is 0. The molecule has 28 heavy (non-hydrogen) atoms. The fourth-order valence-corrected chi connectivity index (χ4v) is 3.96. The van der Waals surface area contributed by atoms with Crippen molar-refractivity contribution >= 4 is 46.7 Å². The first-order chi connectivity index (χ1) is 13.1. The lowest BCUT2D eigenvalue weighted by molar-refractivity contribution is -0.392. The van der Waals surface area contributed by atoms with Gasteiger partial charge >= 0.3 is 11.9 Å². The van der Waals surface area contributed by atoms with E-state index in [-0.39, 0.29) is 25.0 Å². The SMILES string of the molecule is CC[C@H]1CCCCN1[C@H](NC(=O)OCCn1c([N+](=O)[O-])cnc1C)C(Cl)(Cl)Cl. The number of alkyl halides is 3. The quantitative estimate of drug-likeness (QED) is 0.380. The number of nitrogens with zero attached hydrogens (tertiary/aromatic N) is 4. The minimum absolute atomic E-state index is 0.0896. The number of carbonyl (C=O) groups is 1. The van der Waals surface area contributed by atoms with Crippen molar-refractivity contribution < 1.29 is 14.5 Å². The molecule has 12 heteroatoms. The number of nitro groups is 1. The van der Waals surface area contributed by atoms with Crippen LogP contribution in [0.4, 0.5) is 10.6 Å². The van der Waals surface area contributed by atoms with Crippen molar-refractivity contribution in [2.24, 2.45) is 0 Å². The summed E-state index contributed by atoms with van der Waals surface area (Å²) in [5.74, 6) is 0.286. The summed E-state index contributed by atoms with van der Waals surface area (Å²) in [4.78, 5) is 28.6. The highest BCUT2D eigenvalue weighted by atomic mass is 35.6. The van der Waals surface area contributed by atoms with E-state index in [2.05, 4.69) is 17.2 Å². The highest BCUT2D eigenvalue weighted by molar-refractivity contribution is 6.68. The molecule has 2 rings (SSSR count). The van der Waals surface area contributed by atoms with E-state index >= 15 is 0 Å². The average Bonchev–Trinajstić information content (AvgIpc) is 3.00. The van der Waals surface area contributed by atoms with E-state index in [1.165, 1.54) is 4.57 Å². The average molecular weight is 457 g/mol. The maximum Gasteiger partial charge on any atom is 0.408 e. The molecule has 2 heterocycles. The number of nitrogens with one attached hydrogen (secondary N) is 1. The molecule has 1 N–H and O–H groups in total. The second kappa shape index (κ2) is 9.96. The van der Waals surface area contributed by atoms with Gasteiger partial charge in [0.15, 0.2) is 5.82 Å². The van der Waals surface area contributed by atoms with Gasteiger partial charge in [-0.3, -0.25) is 4.90 Å². The van der Waals surface area contributed by atoms with Gasteiger partial charge in [-0.1, -0.05) is 48.1 Å². The second-order valence-electron chi connectivity index (χ2n) is 6.59. The predicted molar refractivity (Wildman–Crippen MR) is 107 cm³/mol. The lowest BCUT2D eigenvalue weighted by Crippen LogP contribution is -2.59. The van der Waals surface area contributed by atoms with Crippen LogP contribution >= 0.6 is 34.8 Å². The van der Waals surface area contributed by atoms with Crippen LogP contribution in [0, 0.1) is 17.0 Å². The van der Waals surface area contributed by atoms with E-state index in [1.54, 1.807) is 6.92 Å². The van der Waals surface area contributed by atoms with E-state index in [4.69, 9.17) is 39.5 Å². The maximum absolute atomic E-state index is 12.3. The minimum Gasteiger partial charge on any atom is -0.445 e. The first-order valence-corrected chi connectivity index (χ1v) is 10.2. The van der Waals surface area contributed by atoms with Gasteiger partial charge in [0.2, 0.25) is 3.79 Å². The number of aromatic nitrogens is 2. The monoisotopic (exact) mass is 455 g/mol. The van der Waals surface area contributed by atoms with E-state index < -0.39 is 21.0 Å². The number of imidazole rings is 1. The van der Waals surface area contributed by atoms with Gasteiger partial charge in [0.25, 0.3) is 0 Å². The smallest absolute Gasteiger partial charge is 0.408 e. The van der Waals surface area contributed by atoms with Gasteiger partial charge in [-0.05, 0) is 24.2 Å². The van der Waals surface area contributed by atoms with E-state index in [9.17, 15) is 14.9 Å². The third-order valence-electron chi connectivity index (χ3n) is 4.81. The van der Waals surface area contributed by atoms with Gasteiger partial charge in [0.05, 0.1) is 0 Å². The van der Waals surface area contributed by atoms with Gasteiger partial charge in [-0.15, -0.1) is 0 Å². The molecule has 1 aliphatic rings. The number of likely N-dealkylation sites (tertiary alicyclic amines) is 1. The number of amides is 1. The Kier molecular flexibility index (Phi) is 8.18. The van der Waals surface area contributed by atoms with Crippen LogP contribution in [0.5, 0.6) is 0 Å². The first kappa shape index (κ1) is 23.0. The maximum atomic E-state index is 12.3. The molecule has 1 fully saturated rings. The summed E-state index contributed by atoms with van der Waals surface area (Å²) in [5, 5.41) is 13.6. The second-order valence-corrected chi connectivity index (χ2v) is 8.96. The first-order valence-electron chi connectivity index (χ1n) is 9.07. The predicted octanol–water partition coefficient (Wildman–Crippen LogP) is 3.79. The van der Waals surface area contributed by atoms with Crippen molar-refractivity contribution in [2.75, 3.05) is 13.2 Å². The van der Waals surface area contributed by atoms with Crippen LogP contribution in [-0.4, -0.2) is 54.6 Å². The minimum atomic E-state index is -1.73. The molecule has 0 saturated carbocycles. The van der Waals surface area contributed by atoms with Gasteiger partial charge in [-0.2, -0.15) is 0 Å². The van der Waals surface area contributed by atoms with Crippen molar-refractivity contribution in [3.8, 4) is 0 Å².